The summed E-state index contributed by atoms with van der Waals surface area (Å²) in [6.45, 7) is 3.68. The molecule has 3 amide bonds. The molecule has 0 aromatic heterocycles. The molecule has 0 radical (unpaired) electrons. The Bertz CT molecular complexity index is 741. The van der Waals surface area contributed by atoms with Gasteiger partial charge >= 0.3 is 0 Å². The van der Waals surface area contributed by atoms with Crippen molar-refractivity contribution in [1.29, 1.82) is 0 Å². The van der Waals surface area contributed by atoms with E-state index >= 15 is 0 Å². The minimum atomic E-state index is -0.410. The first-order chi connectivity index (χ1) is 12.6. The molecule has 0 aliphatic carbocycles. The van der Waals surface area contributed by atoms with Gasteiger partial charge < -0.3 is 9.64 Å². The minimum Gasteiger partial charge on any atom is -0.494 e. The maximum Gasteiger partial charge on any atom is 0.294 e. The van der Waals surface area contributed by atoms with Gasteiger partial charge in [-0.1, -0.05) is 12.1 Å². The molecule has 0 unspecified atom stereocenters. The number of nitrogens with zero attached hydrogens (tertiary/aromatic N) is 2. The van der Waals surface area contributed by atoms with Crippen molar-refractivity contribution in [3.8, 4) is 5.75 Å². The van der Waals surface area contributed by atoms with Gasteiger partial charge in [-0.15, -0.1) is 0 Å². The summed E-state index contributed by atoms with van der Waals surface area (Å²) in [4.78, 5) is 40.2. The van der Waals surface area contributed by atoms with Crippen LogP contribution >= 0.6 is 11.8 Å². The number of rotatable bonds is 5. The SMILES string of the molecule is CCOc1cccc(/C=C2\SC(=O)N(CC(=O)N3CCCCC3)C2=O)c1. The second kappa shape index (κ2) is 8.40. The highest BCUT2D eigenvalue weighted by Gasteiger charge is 2.37. The number of carbonyl (C=O) groups excluding carboxylic acids is 3. The van der Waals surface area contributed by atoms with Crippen molar-refractivity contribution < 1.29 is 19.1 Å². The third-order valence-electron chi connectivity index (χ3n) is 4.34. The molecule has 3 rings (SSSR count). The molecule has 0 bridgehead atoms. The van der Waals surface area contributed by atoms with Gasteiger partial charge in [0.15, 0.2) is 0 Å². The molecule has 1 aromatic carbocycles. The highest BCUT2D eigenvalue weighted by molar-refractivity contribution is 8.18. The topological polar surface area (TPSA) is 66.9 Å². The predicted molar refractivity (Wildman–Crippen MR) is 101 cm³/mol. The third-order valence-corrected chi connectivity index (χ3v) is 5.25. The van der Waals surface area contributed by atoms with Gasteiger partial charge in [-0.05, 0) is 61.7 Å². The molecule has 26 heavy (non-hydrogen) atoms. The highest BCUT2D eigenvalue weighted by atomic mass is 32.2. The van der Waals surface area contributed by atoms with Gasteiger partial charge in [-0.2, -0.15) is 0 Å². The summed E-state index contributed by atoms with van der Waals surface area (Å²) in [6.07, 6.45) is 4.74. The molecule has 1 aromatic rings. The van der Waals surface area contributed by atoms with Gasteiger partial charge in [0.1, 0.15) is 12.3 Å². The van der Waals surface area contributed by atoms with Crippen molar-refractivity contribution in [2.24, 2.45) is 0 Å². The van der Waals surface area contributed by atoms with Crippen LogP contribution in [-0.2, 0) is 9.59 Å². The first-order valence-corrected chi connectivity index (χ1v) is 9.66. The molecule has 7 heteroatoms. The number of amides is 3. The summed E-state index contributed by atoms with van der Waals surface area (Å²) < 4.78 is 5.45. The standard InChI is InChI=1S/C19H22N2O4S/c1-2-25-15-8-6-7-14(11-15)12-16-18(23)21(19(24)26-16)13-17(22)20-9-4-3-5-10-20/h6-8,11-12H,2-5,9-10,13H2,1H3/b16-12-. The Morgan fingerprint density at radius 3 is 2.73 bits per heavy atom. The Morgan fingerprint density at radius 2 is 2.00 bits per heavy atom. The number of imide groups is 1. The van der Waals surface area contributed by atoms with E-state index in [1.165, 1.54) is 0 Å². The number of piperidine rings is 1. The fourth-order valence-corrected chi connectivity index (χ4v) is 3.87. The molecule has 6 nitrogen and oxygen atoms in total. The normalized spacial score (nSPS) is 19.3. The first-order valence-electron chi connectivity index (χ1n) is 8.84. The number of carbonyl (C=O) groups is 3. The summed E-state index contributed by atoms with van der Waals surface area (Å²) >= 11 is 0.871. The van der Waals surface area contributed by atoms with E-state index < -0.39 is 11.1 Å². The van der Waals surface area contributed by atoms with Gasteiger partial charge in [0.25, 0.3) is 11.1 Å². The van der Waals surface area contributed by atoms with Crippen molar-refractivity contribution in [3.05, 3.63) is 34.7 Å². The zero-order chi connectivity index (χ0) is 18.5. The van der Waals surface area contributed by atoms with Crippen LogP contribution in [0.25, 0.3) is 6.08 Å². The van der Waals surface area contributed by atoms with E-state index in [1.807, 2.05) is 31.2 Å². The van der Waals surface area contributed by atoms with Crippen LogP contribution in [0.2, 0.25) is 0 Å². The summed E-state index contributed by atoms with van der Waals surface area (Å²) in [7, 11) is 0. The monoisotopic (exact) mass is 374 g/mol. The Labute approximate surface area is 157 Å². The lowest BCUT2D eigenvalue weighted by atomic mass is 10.1. The molecular weight excluding hydrogens is 352 g/mol. The van der Waals surface area contributed by atoms with Gasteiger partial charge in [0.2, 0.25) is 5.91 Å². The van der Waals surface area contributed by atoms with Crippen LogP contribution in [0, 0.1) is 0 Å². The number of ether oxygens (including phenoxy) is 1. The second-order valence-corrected chi connectivity index (χ2v) is 7.21. The number of hydrogen-bond acceptors (Lipinski definition) is 5. The van der Waals surface area contributed by atoms with E-state index in [0.29, 0.717) is 30.4 Å². The number of likely N-dealkylation sites (tertiary alicyclic amines) is 1. The van der Waals surface area contributed by atoms with Crippen LogP contribution < -0.4 is 4.74 Å². The fourth-order valence-electron chi connectivity index (χ4n) is 3.03. The van der Waals surface area contributed by atoms with Gasteiger partial charge in [0.05, 0.1) is 11.5 Å². The quantitative estimate of drug-likeness (QED) is 0.741. The molecule has 0 N–H and O–H groups in total. The van der Waals surface area contributed by atoms with E-state index in [4.69, 9.17) is 4.74 Å². The van der Waals surface area contributed by atoms with Crippen molar-refractivity contribution in [2.45, 2.75) is 26.2 Å². The largest absolute Gasteiger partial charge is 0.494 e. The van der Waals surface area contributed by atoms with Crippen molar-refractivity contribution in [1.82, 2.24) is 9.80 Å². The number of benzene rings is 1. The Hall–Kier alpha value is -2.28. The maximum absolute atomic E-state index is 12.6. The minimum absolute atomic E-state index is 0.161. The first kappa shape index (κ1) is 18.5. The lowest BCUT2D eigenvalue weighted by molar-refractivity contribution is -0.136. The molecule has 2 saturated heterocycles. The molecule has 2 aliphatic rings. The molecular formula is C19H22N2O4S. The van der Waals surface area contributed by atoms with Gasteiger partial charge in [-0.25, -0.2) is 0 Å². The molecule has 2 fully saturated rings. The fraction of sp³-hybridized carbons (Fsp3) is 0.421. The van der Waals surface area contributed by atoms with E-state index in [2.05, 4.69) is 0 Å². The Kier molecular flexibility index (Phi) is 5.98. The lowest BCUT2D eigenvalue weighted by Crippen LogP contribution is -2.44. The number of thioether (sulfide) groups is 1. The summed E-state index contributed by atoms with van der Waals surface area (Å²) in [6, 6.07) is 7.33. The van der Waals surface area contributed by atoms with Crippen LogP contribution in [0.15, 0.2) is 29.2 Å². The molecule has 2 heterocycles. The van der Waals surface area contributed by atoms with Crippen LogP contribution in [0.5, 0.6) is 5.75 Å². The van der Waals surface area contributed by atoms with Crippen molar-refractivity contribution >= 4 is 34.9 Å². The average Bonchev–Trinajstić information content (AvgIpc) is 2.90. The summed E-state index contributed by atoms with van der Waals surface area (Å²) in [5.41, 5.74) is 0.781. The third kappa shape index (κ3) is 4.27. The van der Waals surface area contributed by atoms with E-state index in [1.54, 1.807) is 11.0 Å². The summed E-state index contributed by atoms with van der Waals surface area (Å²) in [5.74, 6) is 0.138. The van der Waals surface area contributed by atoms with Crippen LogP contribution in [-0.4, -0.2) is 53.1 Å². The van der Waals surface area contributed by atoms with E-state index in [-0.39, 0.29) is 12.5 Å². The maximum atomic E-state index is 12.6. The smallest absolute Gasteiger partial charge is 0.294 e. The number of hydrogen-bond donors (Lipinski definition) is 0. The van der Waals surface area contributed by atoms with Crippen LogP contribution in [0.3, 0.4) is 0 Å². The van der Waals surface area contributed by atoms with Crippen LogP contribution in [0.1, 0.15) is 31.7 Å². The summed E-state index contributed by atoms with van der Waals surface area (Å²) in [5, 5.41) is -0.396. The Morgan fingerprint density at radius 1 is 1.23 bits per heavy atom. The molecule has 2 aliphatic heterocycles. The van der Waals surface area contributed by atoms with Crippen LogP contribution in [0.4, 0.5) is 4.79 Å². The van der Waals surface area contributed by atoms with E-state index in [0.717, 1.165) is 41.5 Å². The van der Waals surface area contributed by atoms with E-state index in [9.17, 15) is 14.4 Å². The Balaban J connectivity index is 1.70. The van der Waals surface area contributed by atoms with Crippen molar-refractivity contribution in [3.63, 3.8) is 0 Å². The predicted octanol–water partition coefficient (Wildman–Crippen LogP) is 3.13. The van der Waals surface area contributed by atoms with Gasteiger partial charge in [-0.3, -0.25) is 19.3 Å². The highest BCUT2D eigenvalue weighted by Crippen LogP contribution is 2.32. The van der Waals surface area contributed by atoms with Gasteiger partial charge in [0, 0.05) is 13.1 Å². The second-order valence-electron chi connectivity index (χ2n) is 6.21. The molecule has 0 atom stereocenters. The zero-order valence-corrected chi connectivity index (χ0v) is 15.6. The molecule has 0 saturated carbocycles. The molecule has 0 spiro atoms. The van der Waals surface area contributed by atoms with Crippen molar-refractivity contribution in [2.75, 3.05) is 26.2 Å². The average molecular weight is 374 g/mol. The molecule has 138 valence electrons. The zero-order valence-electron chi connectivity index (χ0n) is 14.8. The lowest BCUT2D eigenvalue weighted by Gasteiger charge is -2.27.